The lowest BCUT2D eigenvalue weighted by atomic mass is 10.1. The summed E-state index contributed by atoms with van der Waals surface area (Å²) in [6, 6.07) is 7.04. The summed E-state index contributed by atoms with van der Waals surface area (Å²) in [7, 11) is 1.59. The zero-order chi connectivity index (χ0) is 18.7. The van der Waals surface area contributed by atoms with E-state index in [-0.39, 0.29) is 23.6 Å². The van der Waals surface area contributed by atoms with E-state index in [4.69, 9.17) is 4.74 Å². The topological polar surface area (TPSA) is 70.2 Å². The summed E-state index contributed by atoms with van der Waals surface area (Å²) < 4.78 is 5.11. The normalized spacial score (nSPS) is 20.5. The van der Waals surface area contributed by atoms with Crippen molar-refractivity contribution in [2.24, 2.45) is 5.92 Å². The molecule has 0 saturated carbocycles. The molecule has 1 unspecified atom stereocenters. The third-order valence-corrected chi connectivity index (χ3v) is 5.16. The van der Waals surface area contributed by atoms with Crippen LogP contribution < -0.4 is 4.74 Å². The molecule has 2 fully saturated rings. The maximum atomic E-state index is 12.7. The van der Waals surface area contributed by atoms with Gasteiger partial charge in [0.2, 0.25) is 11.8 Å². The highest BCUT2D eigenvalue weighted by Crippen LogP contribution is 2.21. The molecule has 26 heavy (non-hydrogen) atoms. The van der Waals surface area contributed by atoms with Gasteiger partial charge in [0.1, 0.15) is 5.75 Å². The molecule has 2 aliphatic heterocycles. The van der Waals surface area contributed by atoms with E-state index < -0.39 is 0 Å². The second-order valence-corrected chi connectivity index (χ2v) is 6.68. The zero-order valence-corrected chi connectivity index (χ0v) is 15.3. The molecule has 1 aromatic rings. The number of carbonyl (C=O) groups excluding carboxylic acids is 3. The number of ether oxygens (including phenoxy) is 1. The predicted molar refractivity (Wildman–Crippen MR) is 95.8 cm³/mol. The van der Waals surface area contributed by atoms with Crippen molar-refractivity contribution in [1.82, 2.24) is 14.7 Å². The van der Waals surface area contributed by atoms with Gasteiger partial charge in [0, 0.05) is 51.3 Å². The van der Waals surface area contributed by atoms with E-state index in [1.54, 1.807) is 46.1 Å². The molecule has 2 aliphatic rings. The van der Waals surface area contributed by atoms with Gasteiger partial charge in [-0.1, -0.05) is 0 Å². The smallest absolute Gasteiger partial charge is 0.253 e. The van der Waals surface area contributed by atoms with E-state index in [1.807, 2.05) is 6.92 Å². The first kappa shape index (κ1) is 18.2. The van der Waals surface area contributed by atoms with E-state index in [2.05, 4.69) is 0 Å². The third kappa shape index (κ3) is 3.66. The Hall–Kier alpha value is -2.57. The molecule has 3 amide bonds. The largest absolute Gasteiger partial charge is 0.497 e. The van der Waals surface area contributed by atoms with Crippen molar-refractivity contribution >= 4 is 17.7 Å². The summed E-state index contributed by atoms with van der Waals surface area (Å²) in [6.45, 7) is 5.12. The quantitative estimate of drug-likeness (QED) is 0.799. The summed E-state index contributed by atoms with van der Waals surface area (Å²) in [5, 5.41) is 0. The lowest BCUT2D eigenvalue weighted by molar-refractivity contribution is -0.137. The highest BCUT2D eigenvalue weighted by molar-refractivity contribution is 5.94. The summed E-state index contributed by atoms with van der Waals surface area (Å²) in [6.07, 6.45) is 0.303. The maximum Gasteiger partial charge on any atom is 0.253 e. The van der Waals surface area contributed by atoms with Crippen LogP contribution in [0.4, 0.5) is 0 Å². The van der Waals surface area contributed by atoms with E-state index in [0.717, 1.165) is 0 Å². The van der Waals surface area contributed by atoms with Gasteiger partial charge in [-0.2, -0.15) is 0 Å². The fraction of sp³-hybridized carbons (Fsp3) is 0.526. The van der Waals surface area contributed by atoms with Crippen LogP contribution in [0.2, 0.25) is 0 Å². The number of hydrogen-bond acceptors (Lipinski definition) is 4. The first-order valence-corrected chi connectivity index (χ1v) is 9.03. The highest BCUT2D eigenvalue weighted by atomic mass is 16.5. The molecule has 1 atom stereocenters. The molecule has 3 rings (SSSR count). The van der Waals surface area contributed by atoms with Gasteiger partial charge in [0.15, 0.2) is 0 Å². The summed E-state index contributed by atoms with van der Waals surface area (Å²) in [5.74, 6) is 0.522. The number of nitrogens with zero attached hydrogens (tertiary/aromatic N) is 3. The van der Waals surface area contributed by atoms with Gasteiger partial charge in [-0.3, -0.25) is 14.4 Å². The molecular formula is C19H25N3O4. The van der Waals surface area contributed by atoms with Crippen LogP contribution in [-0.4, -0.2) is 78.8 Å². The van der Waals surface area contributed by atoms with Crippen molar-refractivity contribution in [2.75, 3.05) is 46.4 Å². The number of piperazine rings is 1. The molecule has 0 bridgehead atoms. The number of methoxy groups -OCH3 is 1. The average Bonchev–Trinajstić information content (AvgIpc) is 3.07. The van der Waals surface area contributed by atoms with Gasteiger partial charge < -0.3 is 19.4 Å². The molecule has 0 N–H and O–H groups in total. The SMILES string of the molecule is CCN1CC(C(=O)N2CCN(C(=O)c3ccc(OC)cc3)CC2)CC1=O. The molecule has 7 heteroatoms. The van der Waals surface area contributed by atoms with Crippen molar-refractivity contribution < 1.29 is 19.1 Å². The Morgan fingerprint density at radius 3 is 2.23 bits per heavy atom. The Morgan fingerprint density at radius 1 is 1.08 bits per heavy atom. The minimum Gasteiger partial charge on any atom is -0.497 e. The van der Waals surface area contributed by atoms with Gasteiger partial charge in [-0.05, 0) is 31.2 Å². The lowest BCUT2D eigenvalue weighted by Gasteiger charge is -2.36. The molecule has 7 nitrogen and oxygen atoms in total. The second-order valence-electron chi connectivity index (χ2n) is 6.68. The number of likely N-dealkylation sites (tertiary alicyclic amines) is 1. The van der Waals surface area contributed by atoms with Crippen LogP contribution in [0, 0.1) is 5.92 Å². The van der Waals surface area contributed by atoms with Crippen molar-refractivity contribution in [2.45, 2.75) is 13.3 Å². The average molecular weight is 359 g/mol. The molecule has 0 spiro atoms. The Balaban J connectivity index is 1.54. The van der Waals surface area contributed by atoms with Gasteiger partial charge in [0.05, 0.1) is 13.0 Å². The van der Waals surface area contributed by atoms with Crippen LogP contribution in [0.25, 0.3) is 0 Å². The van der Waals surface area contributed by atoms with Crippen LogP contribution in [-0.2, 0) is 9.59 Å². The molecule has 0 aliphatic carbocycles. The van der Waals surface area contributed by atoms with Crippen LogP contribution in [0.1, 0.15) is 23.7 Å². The van der Waals surface area contributed by atoms with E-state index in [1.165, 1.54) is 0 Å². The molecule has 0 aromatic heterocycles. The highest BCUT2D eigenvalue weighted by Gasteiger charge is 2.36. The van der Waals surface area contributed by atoms with Gasteiger partial charge >= 0.3 is 0 Å². The zero-order valence-electron chi connectivity index (χ0n) is 15.3. The standard InChI is InChI=1S/C19H25N3O4/c1-3-20-13-15(12-17(20)23)19(25)22-10-8-21(9-11-22)18(24)14-4-6-16(26-2)7-5-14/h4-7,15H,3,8-13H2,1-2H3. The van der Waals surface area contributed by atoms with Crippen LogP contribution in [0.3, 0.4) is 0 Å². The molecule has 0 radical (unpaired) electrons. The third-order valence-electron chi connectivity index (χ3n) is 5.16. The van der Waals surface area contributed by atoms with E-state index in [9.17, 15) is 14.4 Å². The summed E-state index contributed by atoms with van der Waals surface area (Å²) >= 11 is 0. The predicted octanol–water partition coefficient (Wildman–Crippen LogP) is 0.848. The van der Waals surface area contributed by atoms with Crippen molar-refractivity contribution in [3.63, 3.8) is 0 Å². The first-order valence-electron chi connectivity index (χ1n) is 9.03. The van der Waals surface area contributed by atoms with Crippen LogP contribution in [0.5, 0.6) is 5.75 Å². The number of amides is 3. The fourth-order valence-electron chi connectivity index (χ4n) is 3.55. The molecule has 140 valence electrons. The van der Waals surface area contributed by atoms with E-state index >= 15 is 0 Å². The number of hydrogen-bond donors (Lipinski definition) is 0. The molecule has 2 saturated heterocycles. The Morgan fingerprint density at radius 2 is 1.69 bits per heavy atom. The lowest BCUT2D eigenvalue weighted by Crippen LogP contribution is -2.52. The maximum absolute atomic E-state index is 12.7. The molecule has 1 aromatic carbocycles. The fourth-order valence-corrected chi connectivity index (χ4v) is 3.55. The van der Waals surface area contributed by atoms with E-state index in [0.29, 0.717) is 57.0 Å². The summed E-state index contributed by atoms with van der Waals surface area (Å²) in [5.41, 5.74) is 0.616. The summed E-state index contributed by atoms with van der Waals surface area (Å²) in [4.78, 5) is 42.4. The number of rotatable bonds is 4. The van der Waals surface area contributed by atoms with Gasteiger partial charge in [0.25, 0.3) is 5.91 Å². The first-order chi connectivity index (χ1) is 12.5. The van der Waals surface area contributed by atoms with Gasteiger partial charge in [-0.15, -0.1) is 0 Å². The van der Waals surface area contributed by atoms with Crippen LogP contribution >= 0.6 is 0 Å². The minimum atomic E-state index is -0.244. The monoisotopic (exact) mass is 359 g/mol. The Labute approximate surface area is 153 Å². The Kier molecular flexibility index (Phi) is 5.44. The molecule has 2 heterocycles. The number of benzene rings is 1. The van der Waals surface area contributed by atoms with Gasteiger partial charge in [-0.25, -0.2) is 0 Å². The second kappa shape index (κ2) is 7.76. The van der Waals surface area contributed by atoms with Crippen molar-refractivity contribution in [3.8, 4) is 5.75 Å². The molecular weight excluding hydrogens is 334 g/mol. The number of carbonyl (C=O) groups is 3. The van der Waals surface area contributed by atoms with Crippen LogP contribution in [0.15, 0.2) is 24.3 Å². The van der Waals surface area contributed by atoms with Crippen molar-refractivity contribution in [3.05, 3.63) is 29.8 Å². The minimum absolute atomic E-state index is 0.0332. The van der Waals surface area contributed by atoms with Crippen molar-refractivity contribution in [1.29, 1.82) is 0 Å². The Bertz CT molecular complexity index is 681.